The van der Waals surface area contributed by atoms with Crippen molar-refractivity contribution >= 4 is 0 Å². The maximum atomic E-state index is 10.6. The lowest BCUT2D eigenvalue weighted by Crippen LogP contribution is -2.42. The Morgan fingerprint density at radius 2 is 1.79 bits per heavy atom. The molecule has 1 saturated carbocycles. The number of hydrogen-bond acceptors (Lipinski definition) is 3. The van der Waals surface area contributed by atoms with Gasteiger partial charge in [0.15, 0.2) is 0 Å². The Kier molecular flexibility index (Phi) is 8.37. The van der Waals surface area contributed by atoms with E-state index in [-0.39, 0.29) is 6.10 Å². The van der Waals surface area contributed by atoms with Gasteiger partial charge < -0.3 is 14.7 Å². The van der Waals surface area contributed by atoms with Crippen molar-refractivity contribution in [3.63, 3.8) is 0 Å². The zero-order valence-corrected chi connectivity index (χ0v) is 18.2. The van der Waals surface area contributed by atoms with Gasteiger partial charge in [0.25, 0.3) is 0 Å². The molecule has 158 valence electrons. The minimum atomic E-state index is -0.365. The summed E-state index contributed by atoms with van der Waals surface area (Å²) in [5.74, 6) is 2.85. The molecule has 1 saturated heterocycles. The summed E-state index contributed by atoms with van der Waals surface area (Å²) in [4.78, 5) is 2.43. The van der Waals surface area contributed by atoms with E-state index in [1.165, 1.54) is 37.7 Å². The molecule has 1 N–H and O–H groups in total. The summed E-state index contributed by atoms with van der Waals surface area (Å²) < 4.78 is 6.25. The van der Waals surface area contributed by atoms with E-state index < -0.39 is 0 Å². The van der Waals surface area contributed by atoms with Crippen molar-refractivity contribution in [3.8, 4) is 0 Å². The number of hydrogen-bond donors (Lipinski definition) is 1. The molecule has 1 aromatic rings. The third-order valence-electron chi connectivity index (χ3n) is 7.01. The number of benzene rings is 1. The first-order valence-electron chi connectivity index (χ1n) is 11.6. The van der Waals surface area contributed by atoms with Crippen LogP contribution in [-0.4, -0.2) is 48.5 Å². The van der Waals surface area contributed by atoms with Gasteiger partial charge in [0.2, 0.25) is 0 Å². The molecule has 0 aromatic heterocycles. The van der Waals surface area contributed by atoms with E-state index in [0.717, 1.165) is 37.9 Å². The largest absolute Gasteiger partial charge is 0.389 e. The number of rotatable bonds is 8. The van der Waals surface area contributed by atoms with Crippen molar-refractivity contribution in [2.45, 2.75) is 71.5 Å². The van der Waals surface area contributed by atoms with Gasteiger partial charge in [-0.3, -0.25) is 0 Å². The molecule has 0 spiro atoms. The molecule has 0 unspecified atom stereocenters. The minimum absolute atomic E-state index is 0.329. The number of ether oxygens (including phenoxy) is 1. The van der Waals surface area contributed by atoms with Crippen LogP contribution >= 0.6 is 0 Å². The number of aliphatic hydroxyl groups is 1. The van der Waals surface area contributed by atoms with Gasteiger partial charge >= 0.3 is 0 Å². The average molecular weight is 388 g/mol. The van der Waals surface area contributed by atoms with Gasteiger partial charge in [0.1, 0.15) is 0 Å². The molecule has 3 rings (SSSR count). The summed E-state index contributed by atoms with van der Waals surface area (Å²) in [5, 5.41) is 10.6. The monoisotopic (exact) mass is 387 g/mol. The van der Waals surface area contributed by atoms with E-state index in [9.17, 15) is 5.11 Å². The van der Waals surface area contributed by atoms with Crippen molar-refractivity contribution in [3.05, 3.63) is 35.9 Å². The van der Waals surface area contributed by atoms with Gasteiger partial charge in [-0.05, 0) is 74.4 Å². The topological polar surface area (TPSA) is 32.7 Å². The molecule has 0 radical (unpaired) electrons. The normalized spacial score (nSPS) is 28.5. The Balaban J connectivity index is 1.36. The van der Waals surface area contributed by atoms with Crippen LogP contribution < -0.4 is 0 Å². The van der Waals surface area contributed by atoms with Crippen LogP contribution in [0.5, 0.6) is 0 Å². The lowest BCUT2D eigenvalue weighted by molar-refractivity contribution is -0.0749. The molecular formula is C25H41NO2. The minimum Gasteiger partial charge on any atom is -0.389 e. The number of likely N-dealkylation sites (tertiary alicyclic amines) is 1. The van der Waals surface area contributed by atoms with Gasteiger partial charge in [-0.2, -0.15) is 0 Å². The molecule has 2 fully saturated rings. The summed E-state index contributed by atoms with van der Waals surface area (Å²) in [6.45, 7) is 10.4. The highest BCUT2D eigenvalue weighted by Crippen LogP contribution is 2.35. The van der Waals surface area contributed by atoms with Crippen LogP contribution in [0.2, 0.25) is 0 Å². The molecular weight excluding hydrogens is 346 g/mol. The Labute approximate surface area is 172 Å². The molecule has 3 nitrogen and oxygen atoms in total. The Bertz CT molecular complexity index is 553. The van der Waals surface area contributed by atoms with E-state index >= 15 is 0 Å². The van der Waals surface area contributed by atoms with Crippen molar-refractivity contribution in [2.75, 3.05) is 26.2 Å². The van der Waals surface area contributed by atoms with Crippen molar-refractivity contribution < 1.29 is 9.84 Å². The third-order valence-corrected chi connectivity index (χ3v) is 7.01. The second-order valence-electron chi connectivity index (χ2n) is 9.79. The van der Waals surface area contributed by atoms with Gasteiger partial charge in [-0.25, -0.2) is 0 Å². The number of aliphatic hydroxyl groups excluding tert-OH is 1. The van der Waals surface area contributed by atoms with Gasteiger partial charge in [-0.15, -0.1) is 0 Å². The predicted molar refractivity (Wildman–Crippen MR) is 116 cm³/mol. The molecule has 2 aliphatic rings. The second-order valence-corrected chi connectivity index (χ2v) is 9.79. The van der Waals surface area contributed by atoms with Crippen molar-refractivity contribution in [2.24, 2.45) is 23.7 Å². The van der Waals surface area contributed by atoms with Crippen LogP contribution in [-0.2, 0) is 11.2 Å². The molecule has 28 heavy (non-hydrogen) atoms. The molecule has 3 heteroatoms. The quantitative estimate of drug-likeness (QED) is 0.697. The summed E-state index contributed by atoms with van der Waals surface area (Å²) in [7, 11) is 0. The Morgan fingerprint density at radius 3 is 2.46 bits per heavy atom. The fourth-order valence-corrected chi connectivity index (χ4v) is 5.21. The number of piperidine rings is 1. The molecule has 1 aromatic carbocycles. The molecule has 1 aliphatic carbocycles. The van der Waals surface area contributed by atoms with Crippen LogP contribution in [0.4, 0.5) is 0 Å². The third kappa shape index (κ3) is 6.57. The zero-order chi connectivity index (χ0) is 19.9. The van der Waals surface area contributed by atoms with Crippen LogP contribution in [0.15, 0.2) is 30.3 Å². The highest BCUT2D eigenvalue weighted by Gasteiger charge is 2.32. The fourth-order valence-electron chi connectivity index (χ4n) is 5.21. The van der Waals surface area contributed by atoms with E-state index in [4.69, 9.17) is 4.74 Å². The average Bonchev–Trinajstić information content (AvgIpc) is 2.68. The SMILES string of the molecule is CC(C)[C@H]1CC[C@@H](C)C[C@H]1OC[C@@H](O)CN1CCC(Cc2ccccc2)CC1. The van der Waals surface area contributed by atoms with E-state index in [1.54, 1.807) is 0 Å². The van der Waals surface area contributed by atoms with Gasteiger partial charge in [0.05, 0.1) is 18.8 Å². The second kappa shape index (κ2) is 10.8. The number of nitrogens with zero attached hydrogens (tertiary/aromatic N) is 1. The highest BCUT2D eigenvalue weighted by molar-refractivity contribution is 5.15. The molecule has 1 heterocycles. The molecule has 0 bridgehead atoms. The van der Waals surface area contributed by atoms with E-state index in [0.29, 0.717) is 24.5 Å². The first-order chi connectivity index (χ1) is 13.5. The van der Waals surface area contributed by atoms with Crippen molar-refractivity contribution in [1.29, 1.82) is 0 Å². The van der Waals surface area contributed by atoms with Gasteiger partial charge in [-0.1, -0.05) is 57.5 Å². The van der Waals surface area contributed by atoms with Gasteiger partial charge in [0, 0.05) is 6.54 Å². The van der Waals surface area contributed by atoms with Crippen LogP contribution in [0, 0.1) is 23.7 Å². The first-order valence-corrected chi connectivity index (χ1v) is 11.6. The van der Waals surface area contributed by atoms with Crippen LogP contribution in [0.1, 0.15) is 58.4 Å². The standard InChI is InChI=1S/C25H41NO2/c1-19(2)24-10-9-20(3)15-25(24)28-18-23(27)17-26-13-11-22(12-14-26)16-21-7-5-4-6-8-21/h4-8,19-20,22-25,27H,9-18H2,1-3H3/t20-,23+,24-,25-/m1/s1. The predicted octanol–water partition coefficient (Wildman–Crippen LogP) is 4.78. The zero-order valence-electron chi connectivity index (χ0n) is 18.2. The first kappa shape index (κ1) is 21.8. The molecule has 4 atom stereocenters. The summed E-state index contributed by atoms with van der Waals surface area (Å²) >= 11 is 0. The Hall–Kier alpha value is -0.900. The summed E-state index contributed by atoms with van der Waals surface area (Å²) in [5.41, 5.74) is 1.45. The fraction of sp³-hybridized carbons (Fsp3) is 0.760. The summed E-state index contributed by atoms with van der Waals surface area (Å²) in [6.07, 6.45) is 7.37. The lowest BCUT2D eigenvalue weighted by atomic mass is 9.75. The highest BCUT2D eigenvalue weighted by atomic mass is 16.5. The smallest absolute Gasteiger partial charge is 0.0900 e. The summed E-state index contributed by atoms with van der Waals surface area (Å²) in [6, 6.07) is 10.8. The van der Waals surface area contributed by atoms with E-state index in [1.807, 2.05) is 0 Å². The van der Waals surface area contributed by atoms with Crippen molar-refractivity contribution in [1.82, 2.24) is 4.90 Å². The van der Waals surface area contributed by atoms with Crippen LogP contribution in [0.25, 0.3) is 0 Å². The maximum absolute atomic E-state index is 10.6. The maximum Gasteiger partial charge on any atom is 0.0900 e. The number of β-amino-alcohol motifs (C(OH)–C–C–N with tert-alkyl or cyclic N) is 1. The van der Waals surface area contributed by atoms with E-state index in [2.05, 4.69) is 56.0 Å². The molecule has 1 aliphatic heterocycles. The molecule has 0 amide bonds. The lowest BCUT2D eigenvalue weighted by Gasteiger charge is -2.38. The van der Waals surface area contributed by atoms with Crippen LogP contribution in [0.3, 0.4) is 0 Å². The Morgan fingerprint density at radius 1 is 1.07 bits per heavy atom.